The van der Waals surface area contributed by atoms with Crippen molar-refractivity contribution in [2.24, 2.45) is 0 Å². The number of benzene rings is 1. The molecule has 3 nitrogen and oxygen atoms in total. The molecule has 0 spiro atoms. The molecular formula is C12H13ClFN3. The lowest BCUT2D eigenvalue weighted by Gasteiger charge is -2.03. The molecule has 0 bridgehead atoms. The first-order valence-electron chi connectivity index (χ1n) is 5.30. The smallest absolute Gasteiger partial charge is 0.146 e. The third-order valence-corrected chi connectivity index (χ3v) is 2.87. The number of nitrogen functional groups attached to an aromatic ring is 1. The molecule has 2 aromatic rings. The van der Waals surface area contributed by atoms with Gasteiger partial charge in [-0.25, -0.2) is 9.07 Å². The predicted octanol–water partition coefficient (Wildman–Crippen LogP) is 3.37. The second-order valence-corrected chi connectivity index (χ2v) is 4.51. The Hall–Kier alpha value is -1.55. The highest BCUT2D eigenvalue weighted by Gasteiger charge is 2.17. The van der Waals surface area contributed by atoms with E-state index in [0.717, 1.165) is 0 Å². The third-order valence-electron chi connectivity index (χ3n) is 2.49. The summed E-state index contributed by atoms with van der Waals surface area (Å²) in [5, 5.41) is 4.75. The number of hydrogen-bond acceptors (Lipinski definition) is 2. The summed E-state index contributed by atoms with van der Waals surface area (Å²) >= 11 is 6.10. The Labute approximate surface area is 104 Å². The molecule has 0 saturated heterocycles. The lowest BCUT2D eigenvalue weighted by molar-refractivity contribution is 0.625. The average Bonchev–Trinajstić information content (AvgIpc) is 2.56. The van der Waals surface area contributed by atoms with Crippen molar-refractivity contribution in [1.29, 1.82) is 0 Å². The Morgan fingerprint density at radius 3 is 2.65 bits per heavy atom. The molecule has 1 aromatic carbocycles. The van der Waals surface area contributed by atoms with Crippen molar-refractivity contribution in [3.05, 3.63) is 40.8 Å². The number of nitrogens with two attached hydrogens (primary N) is 1. The molecule has 2 rings (SSSR count). The van der Waals surface area contributed by atoms with Gasteiger partial charge < -0.3 is 5.73 Å². The maximum absolute atomic E-state index is 13.1. The van der Waals surface area contributed by atoms with Crippen molar-refractivity contribution in [2.75, 3.05) is 5.73 Å². The molecule has 0 radical (unpaired) electrons. The SMILES string of the molecule is CC(C)c1nn(-c2cccc(F)c2)c(N)c1Cl. The number of nitrogens with zero attached hydrogens (tertiary/aromatic N) is 2. The molecule has 0 aliphatic carbocycles. The normalized spacial score (nSPS) is 11.1. The highest BCUT2D eigenvalue weighted by atomic mass is 35.5. The Balaban J connectivity index is 2.57. The van der Waals surface area contributed by atoms with Crippen molar-refractivity contribution in [2.45, 2.75) is 19.8 Å². The molecule has 90 valence electrons. The summed E-state index contributed by atoms with van der Waals surface area (Å²) in [6.45, 7) is 3.95. The van der Waals surface area contributed by atoms with Gasteiger partial charge in [-0.2, -0.15) is 5.10 Å². The van der Waals surface area contributed by atoms with Gasteiger partial charge in [-0.3, -0.25) is 0 Å². The maximum atomic E-state index is 13.1. The van der Waals surface area contributed by atoms with Crippen molar-refractivity contribution in [1.82, 2.24) is 9.78 Å². The van der Waals surface area contributed by atoms with Gasteiger partial charge in [0, 0.05) is 0 Å². The van der Waals surface area contributed by atoms with Gasteiger partial charge >= 0.3 is 0 Å². The Morgan fingerprint density at radius 1 is 1.41 bits per heavy atom. The summed E-state index contributed by atoms with van der Waals surface area (Å²) in [6.07, 6.45) is 0. The Bertz CT molecular complexity index is 549. The fourth-order valence-corrected chi connectivity index (χ4v) is 1.94. The Morgan fingerprint density at radius 2 is 2.12 bits per heavy atom. The van der Waals surface area contributed by atoms with E-state index in [1.807, 2.05) is 13.8 Å². The van der Waals surface area contributed by atoms with E-state index in [1.165, 1.54) is 16.8 Å². The van der Waals surface area contributed by atoms with Gasteiger partial charge in [0.15, 0.2) is 0 Å². The topological polar surface area (TPSA) is 43.8 Å². The van der Waals surface area contributed by atoms with Crippen molar-refractivity contribution >= 4 is 17.4 Å². The molecule has 1 heterocycles. The van der Waals surface area contributed by atoms with Crippen LogP contribution in [0.3, 0.4) is 0 Å². The van der Waals surface area contributed by atoms with Gasteiger partial charge in [0.1, 0.15) is 16.7 Å². The highest BCUT2D eigenvalue weighted by Crippen LogP contribution is 2.30. The molecule has 0 amide bonds. The molecule has 0 aliphatic heterocycles. The van der Waals surface area contributed by atoms with Crippen LogP contribution in [0.15, 0.2) is 24.3 Å². The number of aromatic nitrogens is 2. The van der Waals surface area contributed by atoms with E-state index in [2.05, 4.69) is 5.10 Å². The molecular weight excluding hydrogens is 241 g/mol. The van der Waals surface area contributed by atoms with Crippen molar-refractivity contribution < 1.29 is 4.39 Å². The predicted molar refractivity (Wildman–Crippen MR) is 67.0 cm³/mol. The second kappa shape index (κ2) is 4.37. The van der Waals surface area contributed by atoms with Gasteiger partial charge in [0.25, 0.3) is 0 Å². The number of halogens is 2. The monoisotopic (exact) mass is 253 g/mol. The highest BCUT2D eigenvalue weighted by molar-refractivity contribution is 6.33. The second-order valence-electron chi connectivity index (χ2n) is 4.13. The van der Waals surface area contributed by atoms with Crippen LogP contribution < -0.4 is 5.73 Å². The average molecular weight is 254 g/mol. The molecule has 0 saturated carbocycles. The summed E-state index contributed by atoms with van der Waals surface area (Å²) in [5.74, 6) is 0.167. The first-order valence-corrected chi connectivity index (χ1v) is 5.68. The van der Waals surface area contributed by atoms with E-state index in [4.69, 9.17) is 17.3 Å². The van der Waals surface area contributed by atoms with Crippen molar-refractivity contribution in [3.8, 4) is 5.69 Å². The molecule has 5 heteroatoms. The van der Waals surface area contributed by atoms with Gasteiger partial charge in [-0.15, -0.1) is 0 Å². The molecule has 0 aliphatic rings. The van der Waals surface area contributed by atoms with Gasteiger partial charge in [-0.1, -0.05) is 31.5 Å². The third kappa shape index (κ3) is 2.13. The van der Waals surface area contributed by atoms with Crippen molar-refractivity contribution in [3.63, 3.8) is 0 Å². The standard InChI is InChI=1S/C12H13ClFN3/c1-7(2)11-10(13)12(15)17(16-11)9-5-3-4-8(14)6-9/h3-7H,15H2,1-2H3. The molecule has 0 fully saturated rings. The molecule has 17 heavy (non-hydrogen) atoms. The van der Waals surface area contributed by atoms with E-state index in [0.29, 0.717) is 22.2 Å². The number of hydrogen-bond donors (Lipinski definition) is 1. The first kappa shape index (κ1) is 11.9. The van der Waals surface area contributed by atoms with E-state index in [1.54, 1.807) is 12.1 Å². The van der Waals surface area contributed by atoms with Crippen LogP contribution in [-0.4, -0.2) is 9.78 Å². The maximum Gasteiger partial charge on any atom is 0.146 e. The molecule has 0 atom stereocenters. The largest absolute Gasteiger partial charge is 0.382 e. The zero-order chi connectivity index (χ0) is 12.6. The van der Waals surface area contributed by atoms with Crippen LogP contribution in [0.5, 0.6) is 0 Å². The minimum Gasteiger partial charge on any atom is -0.382 e. The van der Waals surface area contributed by atoms with Gasteiger partial charge in [0.05, 0.1) is 11.4 Å². The minimum atomic E-state index is -0.334. The van der Waals surface area contributed by atoms with E-state index in [9.17, 15) is 4.39 Å². The van der Waals surface area contributed by atoms with E-state index < -0.39 is 0 Å². The van der Waals surface area contributed by atoms with Crippen LogP contribution in [0.4, 0.5) is 10.2 Å². The lowest BCUT2D eigenvalue weighted by Crippen LogP contribution is -2.02. The summed E-state index contributed by atoms with van der Waals surface area (Å²) < 4.78 is 14.6. The fourth-order valence-electron chi connectivity index (χ4n) is 1.60. The number of anilines is 1. The first-order chi connectivity index (χ1) is 8.00. The van der Waals surface area contributed by atoms with Gasteiger partial charge in [-0.05, 0) is 24.1 Å². The van der Waals surface area contributed by atoms with E-state index in [-0.39, 0.29) is 11.7 Å². The zero-order valence-electron chi connectivity index (χ0n) is 9.61. The summed E-state index contributed by atoms with van der Waals surface area (Å²) in [5.41, 5.74) is 7.15. The molecule has 0 unspecified atom stereocenters. The number of rotatable bonds is 2. The lowest BCUT2D eigenvalue weighted by atomic mass is 10.1. The van der Waals surface area contributed by atoms with Crippen LogP contribution in [0.2, 0.25) is 5.02 Å². The molecule has 2 N–H and O–H groups in total. The molecule has 1 aromatic heterocycles. The van der Waals surface area contributed by atoms with Crippen LogP contribution in [0.25, 0.3) is 5.69 Å². The fraction of sp³-hybridized carbons (Fsp3) is 0.250. The van der Waals surface area contributed by atoms with Crippen LogP contribution >= 0.6 is 11.6 Å². The summed E-state index contributed by atoms with van der Waals surface area (Å²) in [7, 11) is 0. The summed E-state index contributed by atoms with van der Waals surface area (Å²) in [4.78, 5) is 0. The zero-order valence-corrected chi connectivity index (χ0v) is 10.4. The van der Waals surface area contributed by atoms with E-state index >= 15 is 0 Å². The Kier molecular flexibility index (Phi) is 3.07. The van der Waals surface area contributed by atoms with Crippen LogP contribution in [0, 0.1) is 5.82 Å². The van der Waals surface area contributed by atoms with Crippen LogP contribution in [0.1, 0.15) is 25.5 Å². The minimum absolute atomic E-state index is 0.166. The van der Waals surface area contributed by atoms with Crippen LogP contribution in [-0.2, 0) is 0 Å². The quantitative estimate of drug-likeness (QED) is 0.892. The van der Waals surface area contributed by atoms with Gasteiger partial charge in [0.2, 0.25) is 0 Å². The summed E-state index contributed by atoms with van der Waals surface area (Å²) in [6, 6.07) is 6.07.